The van der Waals surface area contributed by atoms with Gasteiger partial charge in [0.15, 0.2) is 0 Å². The molecule has 4 nitrogen and oxygen atoms in total. The number of hydrogen-bond donors (Lipinski definition) is 1. The monoisotopic (exact) mass is 265 g/mol. The van der Waals surface area contributed by atoms with Crippen LogP contribution < -0.4 is 5.32 Å². The van der Waals surface area contributed by atoms with Gasteiger partial charge < -0.3 is 14.6 Å². The highest BCUT2D eigenvalue weighted by molar-refractivity contribution is 7.10. The first-order chi connectivity index (χ1) is 8.70. The second kappa shape index (κ2) is 6.02. The van der Waals surface area contributed by atoms with Crippen molar-refractivity contribution in [3.05, 3.63) is 34.3 Å². The standard InChI is InChI=1S/C13H19N3OS/c1-10-4-7-18-12(10)8-16-6-5-14-13(16)15-11(2)9-17-3/h4-7,11H,8-9H2,1-3H3,(H,14,15). The molecule has 5 heteroatoms. The molecule has 0 radical (unpaired) electrons. The number of thiophene rings is 1. The maximum absolute atomic E-state index is 5.12. The lowest BCUT2D eigenvalue weighted by atomic mass is 10.3. The lowest BCUT2D eigenvalue weighted by Gasteiger charge is -2.15. The van der Waals surface area contributed by atoms with Crippen molar-refractivity contribution in [2.75, 3.05) is 19.0 Å². The first-order valence-corrected chi connectivity index (χ1v) is 6.88. The molecule has 2 aromatic rings. The van der Waals surface area contributed by atoms with Crippen LogP contribution in [0.5, 0.6) is 0 Å². The molecule has 1 N–H and O–H groups in total. The number of nitrogens with zero attached hydrogens (tertiary/aromatic N) is 2. The van der Waals surface area contributed by atoms with E-state index >= 15 is 0 Å². The smallest absolute Gasteiger partial charge is 0.203 e. The SMILES string of the molecule is COCC(C)Nc1nccn1Cc1sccc1C. The highest BCUT2D eigenvalue weighted by atomic mass is 32.1. The first-order valence-electron chi connectivity index (χ1n) is 6.00. The fraction of sp³-hybridized carbons (Fsp3) is 0.462. The van der Waals surface area contributed by atoms with Gasteiger partial charge in [-0.05, 0) is 30.9 Å². The summed E-state index contributed by atoms with van der Waals surface area (Å²) in [6.07, 6.45) is 3.83. The van der Waals surface area contributed by atoms with E-state index in [1.165, 1.54) is 10.4 Å². The molecule has 1 unspecified atom stereocenters. The van der Waals surface area contributed by atoms with Gasteiger partial charge in [-0.2, -0.15) is 0 Å². The zero-order valence-electron chi connectivity index (χ0n) is 11.0. The van der Waals surface area contributed by atoms with Gasteiger partial charge in [-0.1, -0.05) is 0 Å². The molecule has 0 aliphatic heterocycles. The molecule has 1 atom stereocenters. The maximum atomic E-state index is 5.12. The number of rotatable bonds is 6. The molecule has 0 bridgehead atoms. The number of hydrogen-bond acceptors (Lipinski definition) is 4. The van der Waals surface area contributed by atoms with Crippen LogP contribution in [0.1, 0.15) is 17.4 Å². The second-order valence-corrected chi connectivity index (χ2v) is 5.41. The Hall–Kier alpha value is -1.33. The molecule has 0 aliphatic carbocycles. The fourth-order valence-corrected chi connectivity index (χ4v) is 2.71. The van der Waals surface area contributed by atoms with Crippen LogP contribution in [0.25, 0.3) is 0 Å². The van der Waals surface area contributed by atoms with E-state index < -0.39 is 0 Å². The Morgan fingerprint density at radius 1 is 1.56 bits per heavy atom. The van der Waals surface area contributed by atoms with Crippen LogP contribution in [-0.4, -0.2) is 29.3 Å². The number of methoxy groups -OCH3 is 1. The quantitative estimate of drug-likeness (QED) is 0.873. The number of aromatic nitrogens is 2. The molecule has 98 valence electrons. The Kier molecular flexibility index (Phi) is 4.38. The van der Waals surface area contributed by atoms with Crippen LogP contribution in [0.3, 0.4) is 0 Å². The molecule has 0 fully saturated rings. The van der Waals surface area contributed by atoms with Gasteiger partial charge in [0.1, 0.15) is 0 Å². The normalized spacial score (nSPS) is 12.6. The van der Waals surface area contributed by atoms with Crippen molar-refractivity contribution >= 4 is 17.3 Å². The van der Waals surface area contributed by atoms with Crippen molar-refractivity contribution in [1.29, 1.82) is 0 Å². The lowest BCUT2D eigenvalue weighted by Crippen LogP contribution is -2.23. The lowest BCUT2D eigenvalue weighted by molar-refractivity contribution is 0.190. The fourth-order valence-electron chi connectivity index (χ4n) is 1.81. The van der Waals surface area contributed by atoms with E-state index in [0.29, 0.717) is 6.61 Å². The Balaban J connectivity index is 2.06. The van der Waals surface area contributed by atoms with E-state index in [1.54, 1.807) is 18.4 Å². The van der Waals surface area contributed by atoms with E-state index in [2.05, 4.69) is 40.2 Å². The highest BCUT2D eigenvalue weighted by Gasteiger charge is 2.08. The third-order valence-electron chi connectivity index (χ3n) is 2.79. The number of nitrogens with one attached hydrogen (secondary N) is 1. The predicted molar refractivity (Wildman–Crippen MR) is 75.3 cm³/mol. The Bertz CT molecular complexity index is 492. The van der Waals surface area contributed by atoms with Gasteiger partial charge in [0.05, 0.1) is 13.2 Å². The molecule has 2 rings (SSSR count). The van der Waals surface area contributed by atoms with Gasteiger partial charge in [0.25, 0.3) is 0 Å². The van der Waals surface area contributed by atoms with Crippen LogP contribution in [-0.2, 0) is 11.3 Å². The molecule has 0 amide bonds. The molecule has 2 heterocycles. The van der Waals surface area contributed by atoms with Crippen LogP contribution in [0.4, 0.5) is 5.95 Å². The van der Waals surface area contributed by atoms with Crippen LogP contribution in [0, 0.1) is 6.92 Å². The summed E-state index contributed by atoms with van der Waals surface area (Å²) in [5.41, 5.74) is 1.34. The van der Waals surface area contributed by atoms with Crippen LogP contribution in [0.2, 0.25) is 0 Å². The number of anilines is 1. The summed E-state index contributed by atoms with van der Waals surface area (Å²) >= 11 is 1.78. The van der Waals surface area contributed by atoms with Crippen molar-refractivity contribution in [3.8, 4) is 0 Å². The van der Waals surface area contributed by atoms with Crippen LogP contribution >= 0.6 is 11.3 Å². The average Bonchev–Trinajstić information content (AvgIpc) is 2.91. The first kappa shape index (κ1) is 13.1. The number of ether oxygens (including phenoxy) is 1. The largest absolute Gasteiger partial charge is 0.383 e. The predicted octanol–water partition coefficient (Wildman–Crippen LogP) is 2.75. The van der Waals surface area contributed by atoms with Gasteiger partial charge >= 0.3 is 0 Å². The van der Waals surface area contributed by atoms with Crippen LogP contribution in [0.15, 0.2) is 23.8 Å². The maximum Gasteiger partial charge on any atom is 0.203 e. The Labute approximate surface area is 112 Å². The third-order valence-corrected chi connectivity index (χ3v) is 3.80. The molecule has 0 saturated carbocycles. The minimum Gasteiger partial charge on any atom is -0.383 e. The van der Waals surface area contributed by atoms with Crippen molar-refractivity contribution < 1.29 is 4.74 Å². The molecule has 0 aliphatic rings. The molecule has 0 saturated heterocycles. The minimum atomic E-state index is 0.251. The van der Waals surface area contributed by atoms with Gasteiger partial charge in [0, 0.05) is 30.4 Å². The van der Waals surface area contributed by atoms with Gasteiger partial charge in [-0.25, -0.2) is 4.98 Å². The summed E-state index contributed by atoms with van der Waals surface area (Å²) in [7, 11) is 1.71. The summed E-state index contributed by atoms with van der Waals surface area (Å²) in [4.78, 5) is 5.72. The summed E-state index contributed by atoms with van der Waals surface area (Å²) in [6, 6.07) is 2.40. The topological polar surface area (TPSA) is 39.1 Å². The Morgan fingerprint density at radius 3 is 3.06 bits per heavy atom. The van der Waals surface area contributed by atoms with E-state index in [1.807, 2.05) is 12.4 Å². The van der Waals surface area contributed by atoms with E-state index in [4.69, 9.17) is 4.74 Å². The molecule has 0 aromatic carbocycles. The summed E-state index contributed by atoms with van der Waals surface area (Å²) < 4.78 is 7.25. The summed E-state index contributed by atoms with van der Waals surface area (Å²) in [5, 5.41) is 5.48. The van der Waals surface area contributed by atoms with E-state index in [0.717, 1.165) is 12.5 Å². The molecular formula is C13H19N3OS. The molecule has 0 spiro atoms. The Morgan fingerprint density at radius 2 is 2.39 bits per heavy atom. The van der Waals surface area contributed by atoms with E-state index in [-0.39, 0.29) is 6.04 Å². The summed E-state index contributed by atoms with van der Waals surface area (Å²) in [5.74, 6) is 0.896. The zero-order chi connectivity index (χ0) is 13.0. The number of imidazole rings is 1. The second-order valence-electron chi connectivity index (χ2n) is 4.41. The summed E-state index contributed by atoms with van der Waals surface area (Å²) in [6.45, 7) is 5.76. The highest BCUT2D eigenvalue weighted by Crippen LogP contribution is 2.19. The minimum absolute atomic E-state index is 0.251. The van der Waals surface area contributed by atoms with E-state index in [9.17, 15) is 0 Å². The van der Waals surface area contributed by atoms with Crippen molar-refractivity contribution in [3.63, 3.8) is 0 Å². The molecule has 2 aromatic heterocycles. The zero-order valence-corrected chi connectivity index (χ0v) is 11.8. The van der Waals surface area contributed by atoms with Gasteiger partial charge in [0.2, 0.25) is 5.95 Å². The van der Waals surface area contributed by atoms with Gasteiger partial charge in [-0.15, -0.1) is 11.3 Å². The number of aryl methyl sites for hydroxylation is 1. The average molecular weight is 265 g/mol. The van der Waals surface area contributed by atoms with Crippen molar-refractivity contribution in [1.82, 2.24) is 9.55 Å². The van der Waals surface area contributed by atoms with Gasteiger partial charge in [-0.3, -0.25) is 0 Å². The third kappa shape index (κ3) is 3.11. The van der Waals surface area contributed by atoms with Crippen molar-refractivity contribution in [2.24, 2.45) is 0 Å². The van der Waals surface area contributed by atoms with Crippen molar-refractivity contribution in [2.45, 2.75) is 26.4 Å². The molecular weight excluding hydrogens is 246 g/mol. The molecule has 18 heavy (non-hydrogen) atoms.